The van der Waals surface area contributed by atoms with Gasteiger partial charge in [0.25, 0.3) is 0 Å². The zero-order valence-corrected chi connectivity index (χ0v) is 19.3. The summed E-state index contributed by atoms with van der Waals surface area (Å²) in [4.78, 5) is 33.3. The Hall–Kier alpha value is -3.87. The second-order valence-electron chi connectivity index (χ2n) is 7.55. The highest BCUT2D eigenvalue weighted by molar-refractivity contribution is 7.21. The van der Waals surface area contributed by atoms with Crippen molar-refractivity contribution in [2.75, 3.05) is 37.5 Å². The summed E-state index contributed by atoms with van der Waals surface area (Å²) in [5.74, 6) is 2.10. The second-order valence-corrected chi connectivity index (χ2v) is 8.55. The lowest BCUT2D eigenvalue weighted by molar-refractivity contribution is -0.380. The van der Waals surface area contributed by atoms with Crippen LogP contribution in [0.25, 0.3) is 10.2 Å². The van der Waals surface area contributed by atoms with Crippen LogP contribution in [-0.2, 0) is 11.3 Å². The molecule has 1 aromatic carbocycles. The van der Waals surface area contributed by atoms with Gasteiger partial charge in [-0.15, -0.1) is 0 Å². The van der Waals surface area contributed by atoms with E-state index in [4.69, 9.17) is 19.3 Å². The lowest BCUT2D eigenvalue weighted by Gasteiger charge is -2.31. The third-order valence-electron chi connectivity index (χ3n) is 5.45. The van der Waals surface area contributed by atoms with E-state index in [9.17, 15) is 14.9 Å². The molecule has 0 aliphatic carbocycles. The minimum atomic E-state index is -1.29. The molecule has 0 unspecified atom stereocenters. The molecule has 0 bridgehead atoms. The van der Waals surface area contributed by atoms with E-state index in [-0.39, 0.29) is 11.1 Å². The van der Waals surface area contributed by atoms with Gasteiger partial charge in [-0.2, -0.15) is 4.98 Å². The topological polar surface area (TPSA) is 149 Å². The van der Waals surface area contributed by atoms with Crippen molar-refractivity contribution in [3.8, 4) is 11.5 Å². The van der Waals surface area contributed by atoms with Crippen LogP contribution in [0.5, 0.6) is 11.5 Å². The maximum atomic E-state index is 11.4. The molecule has 0 atom stereocenters. The van der Waals surface area contributed by atoms with Gasteiger partial charge in [0, 0.05) is 38.5 Å². The fourth-order valence-electron chi connectivity index (χ4n) is 3.76. The molecule has 1 aliphatic rings. The molecule has 2 aromatic heterocycles. The van der Waals surface area contributed by atoms with Gasteiger partial charge < -0.3 is 29.5 Å². The molecule has 180 valence electrons. The predicted molar refractivity (Wildman–Crippen MR) is 125 cm³/mol. The number of fused-ring (bicyclic) bond motifs is 1. The normalized spacial score (nSPS) is 14.1. The van der Waals surface area contributed by atoms with Crippen LogP contribution < -0.4 is 19.7 Å². The number of rotatable bonds is 8. The van der Waals surface area contributed by atoms with Crippen molar-refractivity contribution in [1.29, 1.82) is 0 Å². The molecule has 2 N–H and O–H groups in total. The van der Waals surface area contributed by atoms with Crippen LogP contribution in [-0.4, -0.2) is 59.6 Å². The summed E-state index contributed by atoms with van der Waals surface area (Å²) in [6.07, 6.45) is -0.647. The number of anilines is 2. The molecule has 1 aliphatic heterocycles. The number of carbonyl (C=O) groups is 1. The molecule has 34 heavy (non-hydrogen) atoms. The molecule has 0 spiro atoms. The summed E-state index contributed by atoms with van der Waals surface area (Å²) >= 11 is 0.984. The van der Waals surface area contributed by atoms with Crippen molar-refractivity contribution in [3.05, 3.63) is 39.9 Å². The van der Waals surface area contributed by atoms with E-state index in [1.807, 2.05) is 17.0 Å². The standard InChI is InChI=1S/C21H23N5O7S/c1-31-15-4-3-12(9-16(15)32-2)11-22-18-14-10-17(26(29)30)34-19(14)24-20(23-18)25-7-5-13(6-8-25)33-21(27)28/h3-4,9-10,13H,5-8,11H2,1-2H3,(H,27,28)(H,22,23,24). The highest BCUT2D eigenvalue weighted by Gasteiger charge is 2.25. The van der Waals surface area contributed by atoms with Crippen LogP contribution in [0, 0.1) is 10.1 Å². The largest absolute Gasteiger partial charge is 0.506 e. The van der Waals surface area contributed by atoms with E-state index in [1.165, 1.54) is 6.07 Å². The number of nitrogens with one attached hydrogen (secondary N) is 1. The van der Waals surface area contributed by atoms with Crippen molar-refractivity contribution >= 4 is 44.5 Å². The smallest absolute Gasteiger partial charge is 0.493 e. The molecule has 1 fully saturated rings. The van der Waals surface area contributed by atoms with Crippen LogP contribution in [0.15, 0.2) is 24.3 Å². The SMILES string of the molecule is COc1ccc(CNc2nc(N3CCC(OC(=O)O)CC3)nc3sc([N+](=O)[O-])cc23)cc1OC. The van der Waals surface area contributed by atoms with E-state index in [0.717, 1.165) is 16.9 Å². The van der Waals surface area contributed by atoms with E-state index >= 15 is 0 Å². The van der Waals surface area contributed by atoms with Crippen LogP contribution >= 0.6 is 11.3 Å². The van der Waals surface area contributed by atoms with Gasteiger partial charge in [0.1, 0.15) is 16.8 Å². The summed E-state index contributed by atoms with van der Waals surface area (Å²) in [5, 5.41) is 24.0. The van der Waals surface area contributed by atoms with Crippen LogP contribution in [0.2, 0.25) is 0 Å². The summed E-state index contributed by atoms with van der Waals surface area (Å²) < 4.78 is 15.5. The fourth-order valence-corrected chi connectivity index (χ4v) is 4.60. The van der Waals surface area contributed by atoms with Crippen molar-refractivity contribution in [1.82, 2.24) is 9.97 Å². The molecule has 0 amide bonds. The molecular weight excluding hydrogens is 466 g/mol. The number of hydrogen-bond donors (Lipinski definition) is 2. The van der Waals surface area contributed by atoms with E-state index in [1.54, 1.807) is 20.3 Å². The molecular formula is C21H23N5O7S. The second kappa shape index (κ2) is 9.95. The first-order chi connectivity index (χ1) is 16.4. The zero-order valence-electron chi connectivity index (χ0n) is 18.5. The Kier molecular flexibility index (Phi) is 6.82. The Morgan fingerprint density at radius 1 is 1.24 bits per heavy atom. The molecule has 3 aromatic rings. The van der Waals surface area contributed by atoms with Crippen molar-refractivity contribution in [2.45, 2.75) is 25.5 Å². The minimum Gasteiger partial charge on any atom is -0.493 e. The lowest BCUT2D eigenvalue weighted by atomic mass is 10.1. The van der Waals surface area contributed by atoms with Gasteiger partial charge in [-0.3, -0.25) is 10.1 Å². The van der Waals surface area contributed by atoms with Crippen molar-refractivity contribution in [3.63, 3.8) is 0 Å². The number of benzene rings is 1. The Balaban J connectivity index is 1.60. The number of ether oxygens (including phenoxy) is 3. The van der Waals surface area contributed by atoms with Gasteiger partial charge in [-0.25, -0.2) is 9.78 Å². The molecule has 0 radical (unpaired) electrons. The lowest BCUT2D eigenvalue weighted by Crippen LogP contribution is -2.38. The van der Waals surface area contributed by atoms with Gasteiger partial charge in [-0.05, 0) is 29.0 Å². The summed E-state index contributed by atoms with van der Waals surface area (Å²) in [7, 11) is 3.12. The molecule has 13 heteroatoms. The fraction of sp³-hybridized carbons (Fsp3) is 0.381. The van der Waals surface area contributed by atoms with Crippen LogP contribution in [0.3, 0.4) is 0 Å². The van der Waals surface area contributed by atoms with E-state index < -0.39 is 11.1 Å². The van der Waals surface area contributed by atoms with Gasteiger partial charge in [0.15, 0.2) is 11.5 Å². The molecule has 0 saturated carbocycles. The Morgan fingerprint density at radius 3 is 2.62 bits per heavy atom. The number of methoxy groups -OCH3 is 2. The monoisotopic (exact) mass is 489 g/mol. The maximum Gasteiger partial charge on any atom is 0.506 e. The van der Waals surface area contributed by atoms with Crippen LogP contribution in [0.4, 0.5) is 21.6 Å². The number of carboxylic acid groups (broad SMARTS) is 1. The average Bonchev–Trinajstić information content (AvgIpc) is 3.27. The van der Waals surface area contributed by atoms with Crippen molar-refractivity contribution in [2.24, 2.45) is 0 Å². The first kappa shape index (κ1) is 23.3. The molecule has 3 heterocycles. The number of nitro groups is 1. The number of aromatic nitrogens is 2. The van der Waals surface area contributed by atoms with Crippen LogP contribution in [0.1, 0.15) is 18.4 Å². The average molecular weight is 490 g/mol. The van der Waals surface area contributed by atoms with Gasteiger partial charge in [0.05, 0.1) is 24.5 Å². The summed E-state index contributed by atoms with van der Waals surface area (Å²) in [6.45, 7) is 1.40. The quantitative estimate of drug-likeness (QED) is 0.269. The van der Waals surface area contributed by atoms with Gasteiger partial charge in [-0.1, -0.05) is 6.07 Å². The van der Waals surface area contributed by atoms with Gasteiger partial charge in [0.2, 0.25) is 5.95 Å². The number of nitrogens with zero attached hydrogens (tertiary/aromatic N) is 4. The van der Waals surface area contributed by atoms with E-state index in [0.29, 0.717) is 66.0 Å². The highest BCUT2D eigenvalue weighted by Crippen LogP contribution is 2.36. The molecule has 4 rings (SSSR count). The number of hydrogen-bond acceptors (Lipinski definition) is 11. The Labute approximate surface area is 198 Å². The van der Waals surface area contributed by atoms with Gasteiger partial charge >= 0.3 is 11.2 Å². The zero-order chi connectivity index (χ0) is 24.2. The third-order valence-corrected chi connectivity index (χ3v) is 6.43. The third kappa shape index (κ3) is 5.03. The first-order valence-corrected chi connectivity index (χ1v) is 11.2. The van der Waals surface area contributed by atoms with Crippen molar-refractivity contribution < 1.29 is 29.0 Å². The first-order valence-electron chi connectivity index (χ1n) is 10.4. The summed E-state index contributed by atoms with van der Waals surface area (Å²) in [5.41, 5.74) is 0.905. The highest BCUT2D eigenvalue weighted by atomic mass is 32.1. The minimum absolute atomic E-state index is 0.0239. The molecule has 12 nitrogen and oxygen atoms in total. The van der Waals surface area contributed by atoms with E-state index in [2.05, 4.69) is 15.3 Å². The Bertz CT molecular complexity index is 1210. The number of thiophene rings is 1. The molecule has 1 saturated heterocycles. The Morgan fingerprint density at radius 2 is 1.97 bits per heavy atom. The number of piperidine rings is 1. The summed E-state index contributed by atoms with van der Waals surface area (Å²) in [6, 6.07) is 6.99. The predicted octanol–water partition coefficient (Wildman–Crippen LogP) is 3.89. The maximum absolute atomic E-state index is 11.4.